The van der Waals surface area contributed by atoms with Gasteiger partial charge in [0.2, 0.25) is 0 Å². The summed E-state index contributed by atoms with van der Waals surface area (Å²) in [6.45, 7) is 5.29. The molecule has 0 amide bonds. The Bertz CT molecular complexity index is 599. The highest BCUT2D eigenvalue weighted by Gasteiger charge is 2.28. The zero-order chi connectivity index (χ0) is 13.2. The lowest BCUT2D eigenvalue weighted by Crippen LogP contribution is -2.48. The predicted octanol–water partition coefficient (Wildman–Crippen LogP) is 0.672. The third-order valence-corrected chi connectivity index (χ3v) is 3.33. The van der Waals surface area contributed by atoms with Gasteiger partial charge in [0.25, 0.3) is 5.56 Å². The Labute approximate surface area is 110 Å². The summed E-state index contributed by atoms with van der Waals surface area (Å²) in [5.41, 5.74) is 0.844. The Balaban J connectivity index is 1.54. The highest BCUT2D eigenvalue weighted by Crippen LogP contribution is 2.19. The number of hydrogen-bond acceptors (Lipinski definition) is 5. The van der Waals surface area contributed by atoms with Crippen molar-refractivity contribution in [1.82, 2.24) is 19.8 Å². The molecule has 0 spiro atoms. The van der Waals surface area contributed by atoms with E-state index in [4.69, 9.17) is 4.52 Å². The summed E-state index contributed by atoms with van der Waals surface area (Å²) < 4.78 is 6.63. The summed E-state index contributed by atoms with van der Waals surface area (Å²) >= 11 is 0. The molecule has 1 aliphatic rings. The van der Waals surface area contributed by atoms with Crippen LogP contribution in [0.5, 0.6) is 0 Å². The van der Waals surface area contributed by atoms with E-state index in [1.165, 1.54) is 0 Å². The van der Waals surface area contributed by atoms with E-state index in [9.17, 15) is 4.79 Å². The first kappa shape index (κ1) is 12.1. The van der Waals surface area contributed by atoms with Gasteiger partial charge in [-0.3, -0.25) is 9.69 Å². The molecule has 0 bridgehead atoms. The third-order valence-electron chi connectivity index (χ3n) is 3.33. The van der Waals surface area contributed by atoms with Gasteiger partial charge in [0.05, 0.1) is 25.0 Å². The molecule has 2 aromatic heterocycles. The molecular formula is C13H16N4O2. The van der Waals surface area contributed by atoms with Crippen LogP contribution < -0.4 is 5.56 Å². The van der Waals surface area contributed by atoms with E-state index in [1.807, 2.05) is 13.0 Å². The van der Waals surface area contributed by atoms with E-state index in [0.29, 0.717) is 12.5 Å². The van der Waals surface area contributed by atoms with E-state index in [-0.39, 0.29) is 5.56 Å². The fourth-order valence-electron chi connectivity index (χ4n) is 2.39. The van der Waals surface area contributed by atoms with Gasteiger partial charge in [0.15, 0.2) is 5.76 Å². The summed E-state index contributed by atoms with van der Waals surface area (Å²) in [5.74, 6) is 1.36. The first-order chi connectivity index (χ1) is 9.20. The van der Waals surface area contributed by atoms with E-state index >= 15 is 0 Å². The monoisotopic (exact) mass is 260 g/mol. The predicted molar refractivity (Wildman–Crippen MR) is 68.5 cm³/mol. The van der Waals surface area contributed by atoms with Gasteiger partial charge >= 0.3 is 0 Å². The van der Waals surface area contributed by atoms with Gasteiger partial charge in [0, 0.05) is 31.1 Å². The number of aromatic nitrogens is 3. The molecule has 0 radical (unpaired) electrons. The van der Waals surface area contributed by atoms with Crippen molar-refractivity contribution in [3.63, 3.8) is 0 Å². The zero-order valence-electron chi connectivity index (χ0n) is 10.8. The van der Waals surface area contributed by atoms with Crippen LogP contribution >= 0.6 is 0 Å². The van der Waals surface area contributed by atoms with Gasteiger partial charge in [0.1, 0.15) is 0 Å². The van der Waals surface area contributed by atoms with Gasteiger partial charge in [-0.25, -0.2) is 4.68 Å². The van der Waals surface area contributed by atoms with Crippen molar-refractivity contribution in [1.29, 1.82) is 0 Å². The van der Waals surface area contributed by atoms with Gasteiger partial charge in [-0.05, 0) is 13.0 Å². The molecule has 0 N–H and O–H groups in total. The first-order valence-corrected chi connectivity index (χ1v) is 6.37. The lowest BCUT2D eigenvalue weighted by atomic mass is 10.0. The maximum atomic E-state index is 11.6. The quantitative estimate of drug-likeness (QED) is 0.808. The molecule has 1 aliphatic heterocycles. The van der Waals surface area contributed by atoms with Crippen molar-refractivity contribution in [3.8, 4) is 0 Å². The lowest BCUT2D eigenvalue weighted by molar-refractivity contribution is 0.0675. The van der Waals surface area contributed by atoms with Crippen LogP contribution in [-0.2, 0) is 13.1 Å². The Hall–Kier alpha value is -1.95. The van der Waals surface area contributed by atoms with Crippen LogP contribution in [0.1, 0.15) is 11.5 Å². The Kier molecular flexibility index (Phi) is 3.16. The van der Waals surface area contributed by atoms with E-state index in [2.05, 4.69) is 15.2 Å². The molecule has 1 fully saturated rings. The minimum absolute atomic E-state index is 0.0284. The molecule has 1 saturated heterocycles. The number of nitrogens with zero attached hydrogens (tertiary/aromatic N) is 4. The standard InChI is InChI=1S/C13H16N4O2/c1-10-2-3-13(18)17(15-10)8-11-6-16(7-11)9-12-4-5-14-19-12/h2-5,11H,6-9H2,1H3. The first-order valence-electron chi connectivity index (χ1n) is 6.37. The van der Waals surface area contributed by atoms with Crippen LogP contribution in [0, 0.1) is 12.8 Å². The fourth-order valence-corrected chi connectivity index (χ4v) is 2.39. The Morgan fingerprint density at radius 2 is 2.21 bits per heavy atom. The van der Waals surface area contributed by atoms with Crippen LogP contribution in [0.2, 0.25) is 0 Å². The van der Waals surface area contributed by atoms with Crippen molar-refractivity contribution in [2.24, 2.45) is 5.92 Å². The lowest BCUT2D eigenvalue weighted by Gasteiger charge is -2.38. The molecule has 0 atom stereocenters. The fraction of sp³-hybridized carbons (Fsp3) is 0.462. The van der Waals surface area contributed by atoms with Crippen LogP contribution in [0.25, 0.3) is 0 Å². The summed E-state index contributed by atoms with van der Waals surface area (Å²) in [7, 11) is 0. The largest absolute Gasteiger partial charge is 0.360 e. The molecule has 19 heavy (non-hydrogen) atoms. The Morgan fingerprint density at radius 3 is 2.95 bits per heavy atom. The van der Waals surface area contributed by atoms with Crippen LogP contribution in [-0.4, -0.2) is 32.9 Å². The molecular weight excluding hydrogens is 244 g/mol. The molecule has 0 aliphatic carbocycles. The van der Waals surface area contributed by atoms with E-state index in [0.717, 1.165) is 31.1 Å². The summed E-state index contributed by atoms with van der Waals surface area (Å²) in [5, 5.41) is 7.94. The number of rotatable bonds is 4. The molecule has 0 aromatic carbocycles. The second-order valence-corrected chi connectivity index (χ2v) is 5.03. The Morgan fingerprint density at radius 1 is 1.37 bits per heavy atom. The molecule has 0 unspecified atom stereocenters. The summed E-state index contributed by atoms with van der Waals surface area (Å²) in [6.07, 6.45) is 1.66. The number of hydrogen-bond donors (Lipinski definition) is 0. The van der Waals surface area contributed by atoms with Crippen LogP contribution in [0.3, 0.4) is 0 Å². The van der Waals surface area contributed by atoms with Gasteiger partial charge < -0.3 is 4.52 Å². The molecule has 3 heterocycles. The second kappa shape index (κ2) is 4.97. The molecule has 2 aromatic rings. The van der Waals surface area contributed by atoms with Crippen LogP contribution in [0.15, 0.2) is 33.7 Å². The molecule has 6 nitrogen and oxygen atoms in total. The summed E-state index contributed by atoms with van der Waals surface area (Å²) in [6, 6.07) is 5.20. The topological polar surface area (TPSA) is 64.2 Å². The molecule has 6 heteroatoms. The van der Waals surface area contributed by atoms with Crippen molar-refractivity contribution in [2.75, 3.05) is 13.1 Å². The molecule has 0 saturated carbocycles. The average Bonchev–Trinajstić information content (AvgIpc) is 2.83. The van der Waals surface area contributed by atoms with Gasteiger partial charge in [-0.1, -0.05) is 5.16 Å². The highest BCUT2D eigenvalue weighted by atomic mass is 16.5. The number of likely N-dealkylation sites (tertiary alicyclic amines) is 1. The van der Waals surface area contributed by atoms with Crippen molar-refractivity contribution in [3.05, 3.63) is 46.2 Å². The summed E-state index contributed by atoms with van der Waals surface area (Å²) in [4.78, 5) is 13.9. The highest BCUT2D eigenvalue weighted by molar-refractivity contribution is 4.98. The minimum atomic E-state index is -0.0284. The van der Waals surface area contributed by atoms with Gasteiger partial charge in [-0.2, -0.15) is 5.10 Å². The smallest absolute Gasteiger partial charge is 0.266 e. The maximum Gasteiger partial charge on any atom is 0.266 e. The third kappa shape index (κ3) is 2.73. The number of aryl methyl sites for hydroxylation is 1. The normalized spacial score (nSPS) is 16.5. The van der Waals surface area contributed by atoms with Crippen molar-refractivity contribution in [2.45, 2.75) is 20.0 Å². The second-order valence-electron chi connectivity index (χ2n) is 5.03. The van der Waals surface area contributed by atoms with Crippen molar-refractivity contribution < 1.29 is 4.52 Å². The zero-order valence-corrected chi connectivity index (χ0v) is 10.8. The average molecular weight is 260 g/mol. The van der Waals surface area contributed by atoms with E-state index in [1.54, 1.807) is 23.0 Å². The van der Waals surface area contributed by atoms with Crippen molar-refractivity contribution >= 4 is 0 Å². The maximum absolute atomic E-state index is 11.6. The molecule has 3 rings (SSSR count). The van der Waals surface area contributed by atoms with Gasteiger partial charge in [-0.15, -0.1) is 0 Å². The SMILES string of the molecule is Cc1ccc(=O)n(CC2CN(Cc3ccno3)C2)n1. The molecule has 100 valence electrons. The van der Waals surface area contributed by atoms with Crippen LogP contribution in [0.4, 0.5) is 0 Å². The van der Waals surface area contributed by atoms with E-state index < -0.39 is 0 Å². The minimum Gasteiger partial charge on any atom is -0.360 e.